The van der Waals surface area contributed by atoms with Gasteiger partial charge in [-0.3, -0.25) is 0 Å². The van der Waals surface area contributed by atoms with Gasteiger partial charge in [0, 0.05) is 6.54 Å². The zero-order valence-corrected chi connectivity index (χ0v) is 9.60. The molecule has 1 N–H and O–H groups in total. The molecule has 0 bridgehead atoms. The van der Waals surface area contributed by atoms with Crippen molar-refractivity contribution < 1.29 is 9.84 Å². The van der Waals surface area contributed by atoms with E-state index in [2.05, 4.69) is 4.90 Å². The van der Waals surface area contributed by atoms with Gasteiger partial charge in [0.1, 0.15) is 5.75 Å². The largest absolute Gasteiger partial charge is 0.497 e. The summed E-state index contributed by atoms with van der Waals surface area (Å²) in [7, 11) is 5.64. The Morgan fingerprint density at radius 2 is 1.87 bits per heavy atom. The zero-order valence-electron chi connectivity index (χ0n) is 9.60. The molecule has 1 unspecified atom stereocenters. The SMILES string of the molecule is COc1ccc(C(O)CCN(C)C)cc1. The van der Waals surface area contributed by atoms with Gasteiger partial charge >= 0.3 is 0 Å². The number of hydrogen-bond acceptors (Lipinski definition) is 3. The van der Waals surface area contributed by atoms with Crippen molar-refractivity contribution in [1.82, 2.24) is 4.90 Å². The number of methoxy groups -OCH3 is 1. The van der Waals surface area contributed by atoms with E-state index in [9.17, 15) is 5.11 Å². The van der Waals surface area contributed by atoms with Crippen molar-refractivity contribution >= 4 is 0 Å². The van der Waals surface area contributed by atoms with Crippen LogP contribution in [0.5, 0.6) is 5.75 Å². The average Bonchev–Trinajstić information content (AvgIpc) is 2.26. The van der Waals surface area contributed by atoms with Gasteiger partial charge < -0.3 is 14.7 Å². The number of nitrogens with zero attached hydrogens (tertiary/aromatic N) is 1. The molecule has 0 aromatic heterocycles. The maximum atomic E-state index is 9.87. The first kappa shape index (κ1) is 12.0. The fourth-order valence-corrected chi connectivity index (χ4v) is 1.37. The third-order valence-electron chi connectivity index (χ3n) is 2.35. The molecule has 3 nitrogen and oxygen atoms in total. The number of hydrogen-bond donors (Lipinski definition) is 1. The summed E-state index contributed by atoms with van der Waals surface area (Å²) < 4.78 is 5.06. The van der Waals surface area contributed by atoms with E-state index >= 15 is 0 Å². The van der Waals surface area contributed by atoms with E-state index < -0.39 is 6.10 Å². The molecule has 0 saturated heterocycles. The highest BCUT2D eigenvalue weighted by Gasteiger charge is 2.07. The monoisotopic (exact) mass is 209 g/mol. The molecule has 84 valence electrons. The number of aliphatic hydroxyl groups is 1. The van der Waals surface area contributed by atoms with E-state index in [1.165, 1.54) is 0 Å². The first-order chi connectivity index (χ1) is 7.13. The van der Waals surface area contributed by atoms with E-state index in [1.54, 1.807) is 7.11 Å². The van der Waals surface area contributed by atoms with Crippen LogP contribution in [0.4, 0.5) is 0 Å². The molecule has 0 spiro atoms. The minimum atomic E-state index is -0.390. The highest BCUT2D eigenvalue weighted by molar-refractivity contribution is 5.28. The Morgan fingerprint density at radius 1 is 1.27 bits per heavy atom. The first-order valence-electron chi connectivity index (χ1n) is 5.10. The van der Waals surface area contributed by atoms with Crippen LogP contribution >= 0.6 is 0 Å². The summed E-state index contributed by atoms with van der Waals surface area (Å²) in [6.45, 7) is 0.882. The van der Waals surface area contributed by atoms with Crippen LogP contribution in [-0.2, 0) is 0 Å². The predicted octanol–water partition coefficient (Wildman–Crippen LogP) is 1.68. The third-order valence-corrected chi connectivity index (χ3v) is 2.35. The van der Waals surface area contributed by atoms with Gasteiger partial charge in [-0.1, -0.05) is 12.1 Å². The first-order valence-corrected chi connectivity index (χ1v) is 5.10. The Bertz CT molecular complexity index is 282. The summed E-state index contributed by atoms with van der Waals surface area (Å²) in [5.41, 5.74) is 0.942. The van der Waals surface area contributed by atoms with Crippen molar-refractivity contribution in [2.24, 2.45) is 0 Å². The molecular weight excluding hydrogens is 190 g/mol. The van der Waals surface area contributed by atoms with Crippen LogP contribution in [-0.4, -0.2) is 37.8 Å². The molecule has 0 amide bonds. The van der Waals surface area contributed by atoms with Crippen molar-refractivity contribution in [3.8, 4) is 5.75 Å². The van der Waals surface area contributed by atoms with Gasteiger partial charge in [-0.25, -0.2) is 0 Å². The van der Waals surface area contributed by atoms with Crippen LogP contribution in [0.15, 0.2) is 24.3 Å². The lowest BCUT2D eigenvalue weighted by Gasteiger charge is -2.14. The Kier molecular flexibility index (Phi) is 4.59. The van der Waals surface area contributed by atoms with Gasteiger partial charge in [-0.15, -0.1) is 0 Å². The standard InChI is InChI=1S/C12H19NO2/c1-13(2)9-8-12(14)10-4-6-11(15-3)7-5-10/h4-7,12,14H,8-9H2,1-3H3. The Labute approximate surface area is 91.3 Å². The van der Waals surface area contributed by atoms with Crippen LogP contribution in [0.1, 0.15) is 18.1 Å². The van der Waals surface area contributed by atoms with Gasteiger partial charge in [-0.2, -0.15) is 0 Å². The molecule has 0 heterocycles. The molecule has 3 heteroatoms. The van der Waals surface area contributed by atoms with E-state index in [4.69, 9.17) is 4.74 Å². The van der Waals surface area contributed by atoms with E-state index in [1.807, 2.05) is 38.4 Å². The topological polar surface area (TPSA) is 32.7 Å². The predicted molar refractivity (Wildman–Crippen MR) is 61.1 cm³/mol. The third kappa shape index (κ3) is 3.90. The highest BCUT2D eigenvalue weighted by atomic mass is 16.5. The minimum Gasteiger partial charge on any atom is -0.497 e. The quantitative estimate of drug-likeness (QED) is 0.801. The van der Waals surface area contributed by atoms with Crippen molar-refractivity contribution in [2.75, 3.05) is 27.7 Å². The van der Waals surface area contributed by atoms with Crippen LogP contribution in [0.2, 0.25) is 0 Å². The molecule has 1 aromatic carbocycles. The molecule has 0 aliphatic heterocycles. The fourth-order valence-electron chi connectivity index (χ4n) is 1.37. The highest BCUT2D eigenvalue weighted by Crippen LogP contribution is 2.19. The molecule has 0 fully saturated rings. The summed E-state index contributed by atoms with van der Waals surface area (Å²) in [5, 5.41) is 9.87. The lowest BCUT2D eigenvalue weighted by Crippen LogP contribution is -2.15. The maximum Gasteiger partial charge on any atom is 0.118 e. The summed E-state index contributed by atoms with van der Waals surface area (Å²) in [5.74, 6) is 0.818. The van der Waals surface area contributed by atoms with Crippen LogP contribution in [0.3, 0.4) is 0 Å². The summed E-state index contributed by atoms with van der Waals surface area (Å²) >= 11 is 0. The van der Waals surface area contributed by atoms with Gasteiger partial charge in [0.2, 0.25) is 0 Å². The van der Waals surface area contributed by atoms with Crippen molar-refractivity contribution in [3.05, 3.63) is 29.8 Å². The van der Waals surface area contributed by atoms with E-state index in [0.717, 1.165) is 24.3 Å². The second-order valence-electron chi connectivity index (χ2n) is 3.88. The van der Waals surface area contributed by atoms with E-state index in [-0.39, 0.29) is 0 Å². The smallest absolute Gasteiger partial charge is 0.118 e. The van der Waals surface area contributed by atoms with Crippen LogP contribution < -0.4 is 4.74 Å². The number of rotatable bonds is 5. The van der Waals surface area contributed by atoms with Gasteiger partial charge in [0.05, 0.1) is 13.2 Å². The number of benzene rings is 1. The van der Waals surface area contributed by atoms with Gasteiger partial charge in [0.25, 0.3) is 0 Å². The number of ether oxygens (including phenoxy) is 1. The molecule has 0 aliphatic rings. The molecule has 1 aromatic rings. The molecule has 15 heavy (non-hydrogen) atoms. The van der Waals surface area contributed by atoms with Crippen LogP contribution in [0, 0.1) is 0 Å². The lowest BCUT2D eigenvalue weighted by molar-refractivity contribution is 0.154. The normalized spacial score (nSPS) is 12.9. The van der Waals surface area contributed by atoms with Crippen LogP contribution in [0.25, 0.3) is 0 Å². The average molecular weight is 209 g/mol. The van der Waals surface area contributed by atoms with Gasteiger partial charge in [-0.05, 0) is 38.2 Å². The molecule has 0 aliphatic carbocycles. The summed E-state index contributed by atoms with van der Waals surface area (Å²) in [6, 6.07) is 7.54. The molecule has 1 rings (SSSR count). The summed E-state index contributed by atoms with van der Waals surface area (Å²) in [4.78, 5) is 2.06. The van der Waals surface area contributed by atoms with E-state index in [0.29, 0.717) is 0 Å². The Balaban J connectivity index is 2.54. The molecule has 1 atom stereocenters. The fraction of sp³-hybridized carbons (Fsp3) is 0.500. The zero-order chi connectivity index (χ0) is 11.3. The van der Waals surface area contributed by atoms with Crippen molar-refractivity contribution in [2.45, 2.75) is 12.5 Å². The Hall–Kier alpha value is -1.06. The Morgan fingerprint density at radius 3 is 2.33 bits per heavy atom. The second kappa shape index (κ2) is 5.73. The van der Waals surface area contributed by atoms with Crippen molar-refractivity contribution in [1.29, 1.82) is 0 Å². The molecular formula is C12H19NO2. The number of aliphatic hydroxyl groups excluding tert-OH is 1. The van der Waals surface area contributed by atoms with Gasteiger partial charge in [0.15, 0.2) is 0 Å². The minimum absolute atomic E-state index is 0.390. The van der Waals surface area contributed by atoms with Crippen molar-refractivity contribution in [3.63, 3.8) is 0 Å². The lowest BCUT2D eigenvalue weighted by atomic mass is 10.1. The second-order valence-corrected chi connectivity index (χ2v) is 3.88. The maximum absolute atomic E-state index is 9.87. The summed E-state index contributed by atoms with van der Waals surface area (Å²) in [6.07, 6.45) is 0.359. The molecule has 0 saturated carbocycles. The molecule has 0 radical (unpaired) electrons.